The topological polar surface area (TPSA) is 106 Å². The van der Waals surface area contributed by atoms with E-state index in [1.807, 2.05) is 6.07 Å². The van der Waals surface area contributed by atoms with Gasteiger partial charge in [0, 0.05) is 13.2 Å². The van der Waals surface area contributed by atoms with Crippen LogP contribution in [-0.4, -0.2) is 45.1 Å². The minimum atomic E-state index is -1.17. The van der Waals surface area contributed by atoms with Crippen molar-refractivity contribution in [2.24, 2.45) is 0 Å². The van der Waals surface area contributed by atoms with Gasteiger partial charge in [-0.3, -0.25) is 4.79 Å². The first-order chi connectivity index (χ1) is 12.6. The van der Waals surface area contributed by atoms with Gasteiger partial charge >= 0.3 is 5.97 Å². The highest BCUT2D eigenvalue weighted by molar-refractivity contribution is 5.84. The highest BCUT2D eigenvalue weighted by Gasteiger charge is 2.19. The van der Waals surface area contributed by atoms with E-state index in [0.717, 1.165) is 19.3 Å². The predicted molar refractivity (Wildman–Crippen MR) is 92.7 cm³/mol. The molecule has 0 saturated heterocycles. The van der Waals surface area contributed by atoms with Crippen molar-refractivity contribution >= 4 is 11.9 Å². The Balaban J connectivity index is 1.35. The van der Waals surface area contributed by atoms with Crippen molar-refractivity contribution in [2.45, 2.75) is 38.3 Å². The van der Waals surface area contributed by atoms with E-state index in [0.29, 0.717) is 19.6 Å². The average molecular weight is 358 g/mol. The molecule has 0 bridgehead atoms. The molecule has 8 heteroatoms. The summed E-state index contributed by atoms with van der Waals surface area (Å²) < 4.78 is 7.20. The fourth-order valence-corrected chi connectivity index (χ4v) is 3.08. The molecule has 1 unspecified atom stereocenters. The summed E-state index contributed by atoms with van der Waals surface area (Å²) in [5.74, 6) is -1.41. The van der Waals surface area contributed by atoms with E-state index in [2.05, 4.69) is 33.8 Å². The number of carbonyl (C=O) groups is 2. The molecule has 8 nitrogen and oxygen atoms in total. The number of carboxylic acid groups (broad SMARTS) is 1. The van der Waals surface area contributed by atoms with Gasteiger partial charge in [-0.2, -0.15) is 0 Å². The number of amides is 1. The summed E-state index contributed by atoms with van der Waals surface area (Å²) in [5.41, 5.74) is 2.47. The number of aromatic nitrogens is 3. The Morgan fingerprint density at radius 2 is 2.19 bits per heavy atom. The van der Waals surface area contributed by atoms with Crippen molar-refractivity contribution < 1.29 is 19.4 Å². The van der Waals surface area contributed by atoms with Crippen molar-refractivity contribution in [1.82, 2.24) is 20.3 Å². The Morgan fingerprint density at radius 3 is 3.00 bits per heavy atom. The summed E-state index contributed by atoms with van der Waals surface area (Å²) in [7, 11) is 0. The van der Waals surface area contributed by atoms with Crippen LogP contribution in [0.1, 0.15) is 47.0 Å². The molecule has 138 valence electrons. The van der Waals surface area contributed by atoms with Crippen LogP contribution in [0, 0.1) is 0 Å². The number of hydrogen-bond acceptors (Lipinski definition) is 5. The van der Waals surface area contributed by atoms with Gasteiger partial charge in [0.05, 0.1) is 12.3 Å². The van der Waals surface area contributed by atoms with Gasteiger partial charge in [-0.1, -0.05) is 29.5 Å². The molecule has 1 aromatic heterocycles. The first-order valence-corrected chi connectivity index (χ1v) is 8.73. The third kappa shape index (κ3) is 4.66. The number of hydrogen-bond donors (Lipinski definition) is 2. The molecule has 1 atom stereocenters. The molecule has 26 heavy (non-hydrogen) atoms. The molecule has 0 aliphatic heterocycles. The van der Waals surface area contributed by atoms with Crippen LogP contribution in [-0.2, 0) is 22.5 Å². The largest absolute Gasteiger partial charge is 0.476 e. The molecule has 0 spiro atoms. The maximum Gasteiger partial charge on any atom is 0.358 e. The molecule has 2 aromatic rings. The summed E-state index contributed by atoms with van der Waals surface area (Å²) in [6.45, 7) is 1.01. The predicted octanol–water partition coefficient (Wildman–Crippen LogP) is 1.58. The average Bonchev–Trinajstić information content (AvgIpc) is 3.10. The molecule has 1 heterocycles. The van der Waals surface area contributed by atoms with E-state index in [4.69, 9.17) is 9.84 Å². The number of aromatic carboxylic acids is 1. The van der Waals surface area contributed by atoms with E-state index < -0.39 is 5.97 Å². The van der Waals surface area contributed by atoms with Gasteiger partial charge in [0.2, 0.25) is 5.91 Å². The van der Waals surface area contributed by atoms with E-state index >= 15 is 0 Å². The lowest BCUT2D eigenvalue weighted by Crippen LogP contribution is -2.29. The first kappa shape index (κ1) is 18.1. The van der Waals surface area contributed by atoms with E-state index in [1.165, 1.54) is 22.0 Å². The van der Waals surface area contributed by atoms with Crippen molar-refractivity contribution in [2.75, 3.05) is 13.2 Å². The molecule has 1 aliphatic carbocycles. The molecule has 0 saturated carbocycles. The zero-order chi connectivity index (χ0) is 18.4. The van der Waals surface area contributed by atoms with Gasteiger partial charge in [0.25, 0.3) is 0 Å². The number of carboxylic acids is 1. The number of ether oxygens (including phenoxy) is 1. The molecule has 0 fully saturated rings. The molecule has 1 aliphatic rings. The van der Waals surface area contributed by atoms with Crippen LogP contribution in [0.5, 0.6) is 0 Å². The van der Waals surface area contributed by atoms with Crippen LogP contribution in [0.2, 0.25) is 0 Å². The highest BCUT2D eigenvalue weighted by Crippen LogP contribution is 2.32. The zero-order valence-corrected chi connectivity index (χ0v) is 14.4. The normalized spacial score (nSPS) is 16.1. The van der Waals surface area contributed by atoms with E-state index in [-0.39, 0.29) is 24.2 Å². The van der Waals surface area contributed by atoms with Crippen LogP contribution >= 0.6 is 0 Å². The summed E-state index contributed by atoms with van der Waals surface area (Å²) in [4.78, 5) is 22.6. The van der Waals surface area contributed by atoms with Crippen molar-refractivity contribution in [3.05, 3.63) is 47.3 Å². The minimum Gasteiger partial charge on any atom is -0.476 e. The quantitative estimate of drug-likeness (QED) is 0.694. The second-order valence-electron chi connectivity index (χ2n) is 6.26. The highest BCUT2D eigenvalue weighted by atomic mass is 16.5. The van der Waals surface area contributed by atoms with Crippen molar-refractivity contribution in [3.63, 3.8) is 0 Å². The third-order valence-corrected chi connectivity index (χ3v) is 4.34. The van der Waals surface area contributed by atoms with Gasteiger partial charge in [0.1, 0.15) is 6.54 Å². The summed E-state index contributed by atoms with van der Waals surface area (Å²) in [6, 6.07) is 8.39. The lowest BCUT2D eigenvalue weighted by atomic mass is 9.89. The Bertz CT molecular complexity index is 774. The van der Waals surface area contributed by atoms with Gasteiger partial charge in [-0.25, -0.2) is 9.48 Å². The van der Waals surface area contributed by atoms with Gasteiger partial charge in [0.15, 0.2) is 5.69 Å². The van der Waals surface area contributed by atoms with Crippen LogP contribution in [0.3, 0.4) is 0 Å². The molecule has 2 N–H and O–H groups in total. The van der Waals surface area contributed by atoms with Gasteiger partial charge < -0.3 is 15.2 Å². The molecule has 0 radical (unpaired) electrons. The summed E-state index contributed by atoms with van der Waals surface area (Å²) in [6.07, 6.45) is 5.35. The maximum atomic E-state index is 11.8. The molecule has 1 aromatic carbocycles. The fourth-order valence-electron chi connectivity index (χ4n) is 3.08. The van der Waals surface area contributed by atoms with Crippen LogP contribution in [0.25, 0.3) is 0 Å². The summed E-state index contributed by atoms with van der Waals surface area (Å²) in [5, 5.41) is 18.6. The van der Waals surface area contributed by atoms with Gasteiger partial charge in [-0.05, 0) is 36.8 Å². The maximum absolute atomic E-state index is 11.8. The third-order valence-electron chi connectivity index (χ3n) is 4.34. The molecule has 1 amide bonds. The Morgan fingerprint density at radius 1 is 1.35 bits per heavy atom. The number of fused-ring (bicyclic) bond motifs is 1. The lowest BCUT2D eigenvalue weighted by molar-refractivity contribution is -0.121. The van der Waals surface area contributed by atoms with Crippen molar-refractivity contribution in [1.29, 1.82) is 0 Å². The van der Waals surface area contributed by atoms with E-state index in [9.17, 15) is 9.59 Å². The molecular formula is C18H22N4O4. The standard InChI is InChI=1S/C18H22N4O4/c23-17(12-22-11-15(18(24)25)20-21-22)19-9-4-10-26-16-8-3-6-13-5-1-2-7-14(13)16/h1-2,5,7,11,16H,3-4,6,8-10,12H2,(H,19,23)(H,24,25). The number of nitrogens with one attached hydrogen (secondary N) is 1. The fraction of sp³-hybridized carbons (Fsp3) is 0.444. The van der Waals surface area contributed by atoms with Gasteiger partial charge in [-0.15, -0.1) is 5.10 Å². The smallest absolute Gasteiger partial charge is 0.358 e. The second kappa shape index (κ2) is 8.57. The first-order valence-electron chi connectivity index (χ1n) is 8.73. The zero-order valence-electron chi connectivity index (χ0n) is 14.4. The number of benzene rings is 1. The number of rotatable bonds is 8. The minimum absolute atomic E-state index is 0.0584. The molecular weight excluding hydrogens is 336 g/mol. The van der Waals surface area contributed by atoms with Crippen molar-refractivity contribution in [3.8, 4) is 0 Å². The monoisotopic (exact) mass is 358 g/mol. The van der Waals surface area contributed by atoms with Crippen LogP contribution < -0.4 is 5.32 Å². The summed E-state index contributed by atoms with van der Waals surface area (Å²) >= 11 is 0. The second-order valence-corrected chi connectivity index (χ2v) is 6.26. The Kier molecular flexibility index (Phi) is 5.96. The Hall–Kier alpha value is -2.74. The SMILES string of the molecule is O=C(Cn1cc(C(=O)O)nn1)NCCCOC1CCCc2ccccc21. The molecule has 3 rings (SSSR count). The van der Waals surface area contributed by atoms with E-state index in [1.54, 1.807) is 0 Å². The number of nitrogens with zero attached hydrogens (tertiary/aromatic N) is 3. The van der Waals surface area contributed by atoms with Crippen LogP contribution in [0.15, 0.2) is 30.5 Å². The number of aryl methyl sites for hydroxylation is 1. The Labute approximate surface area is 151 Å². The van der Waals surface area contributed by atoms with Crippen LogP contribution in [0.4, 0.5) is 0 Å². The number of carbonyl (C=O) groups excluding carboxylic acids is 1. The lowest BCUT2D eigenvalue weighted by Gasteiger charge is -2.25.